The Bertz CT molecular complexity index is 410. The zero-order valence-corrected chi connectivity index (χ0v) is 7.39. The summed E-state index contributed by atoms with van der Waals surface area (Å²) in [5.41, 5.74) is 9.06. The number of thiazole rings is 1. The van der Waals surface area contributed by atoms with Crippen LogP contribution in [0, 0.1) is 0 Å². The molecule has 2 N–H and O–H groups in total. The smallest absolute Gasteiger partial charge is 0.143 e. The van der Waals surface area contributed by atoms with Gasteiger partial charge in [-0.1, -0.05) is 0 Å². The van der Waals surface area contributed by atoms with E-state index < -0.39 is 0 Å². The predicted molar refractivity (Wildman–Crippen MR) is 50.6 cm³/mol. The minimum Gasteiger partial charge on any atom is -0.495 e. The van der Waals surface area contributed by atoms with Crippen LogP contribution in [-0.4, -0.2) is 12.1 Å². The molecule has 1 heterocycles. The molecule has 0 aliphatic heterocycles. The quantitative estimate of drug-likeness (QED) is 0.682. The number of ether oxygens (including phenoxy) is 1. The number of anilines is 1. The number of nitrogens with two attached hydrogens (primary N) is 1. The van der Waals surface area contributed by atoms with Crippen LogP contribution in [0.25, 0.3) is 10.2 Å². The number of nitrogen functional groups attached to an aromatic ring is 1. The first-order valence-electron chi connectivity index (χ1n) is 3.48. The maximum atomic E-state index is 5.70. The summed E-state index contributed by atoms with van der Waals surface area (Å²) < 4.78 is 6.17. The highest BCUT2D eigenvalue weighted by atomic mass is 32.1. The van der Waals surface area contributed by atoms with Gasteiger partial charge in [0.2, 0.25) is 0 Å². The van der Waals surface area contributed by atoms with Gasteiger partial charge in [0.1, 0.15) is 5.75 Å². The van der Waals surface area contributed by atoms with Crippen molar-refractivity contribution >= 4 is 27.2 Å². The molecule has 0 radical (unpaired) electrons. The molecule has 0 unspecified atom stereocenters. The minimum atomic E-state index is 0.635. The highest BCUT2D eigenvalue weighted by molar-refractivity contribution is 7.16. The molecule has 0 amide bonds. The zero-order chi connectivity index (χ0) is 8.55. The topological polar surface area (TPSA) is 48.1 Å². The molecule has 12 heavy (non-hydrogen) atoms. The van der Waals surface area contributed by atoms with Crippen molar-refractivity contribution < 1.29 is 4.74 Å². The molecule has 3 nitrogen and oxygen atoms in total. The van der Waals surface area contributed by atoms with Crippen molar-refractivity contribution in [3.63, 3.8) is 0 Å². The fourth-order valence-corrected chi connectivity index (χ4v) is 1.77. The van der Waals surface area contributed by atoms with Crippen LogP contribution in [0.5, 0.6) is 5.75 Å². The zero-order valence-electron chi connectivity index (χ0n) is 6.57. The first-order chi connectivity index (χ1) is 5.81. The van der Waals surface area contributed by atoms with E-state index in [4.69, 9.17) is 10.5 Å². The summed E-state index contributed by atoms with van der Waals surface area (Å²) >= 11 is 1.58. The van der Waals surface area contributed by atoms with Gasteiger partial charge in [0.25, 0.3) is 0 Å². The fourth-order valence-electron chi connectivity index (χ4n) is 1.08. The average molecular weight is 180 g/mol. The second-order valence-electron chi connectivity index (χ2n) is 2.41. The molecule has 1 aromatic carbocycles. The minimum absolute atomic E-state index is 0.635. The Balaban J connectivity index is 2.73. The SMILES string of the molecule is COc1cc2scnc2cc1N. The monoisotopic (exact) mass is 180 g/mol. The molecule has 0 saturated heterocycles. The lowest BCUT2D eigenvalue weighted by Gasteiger charge is -2.02. The van der Waals surface area contributed by atoms with Gasteiger partial charge in [-0.3, -0.25) is 0 Å². The van der Waals surface area contributed by atoms with Crippen molar-refractivity contribution in [2.45, 2.75) is 0 Å². The molecule has 0 fully saturated rings. The Morgan fingerprint density at radius 3 is 3.08 bits per heavy atom. The van der Waals surface area contributed by atoms with Gasteiger partial charge in [0.05, 0.1) is 28.5 Å². The van der Waals surface area contributed by atoms with Crippen molar-refractivity contribution in [2.24, 2.45) is 0 Å². The number of fused-ring (bicyclic) bond motifs is 1. The van der Waals surface area contributed by atoms with Crippen LogP contribution < -0.4 is 10.5 Å². The average Bonchev–Trinajstić information content (AvgIpc) is 2.49. The molecule has 1 aromatic heterocycles. The normalized spacial score (nSPS) is 10.4. The molecule has 2 rings (SSSR count). The Morgan fingerprint density at radius 2 is 2.33 bits per heavy atom. The van der Waals surface area contributed by atoms with Gasteiger partial charge >= 0.3 is 0 Å². The standard InChI is InChI=1S/C8H8N2OS/c1-11-7-3-8-6(2-5(7)9)10-4-12-8/h2-4H,9H2,1H3. The Hall–Kier alpha value is -1.29. The van der Waals surface area contributed by atoms with E-state index in [1.807, 2.05) is 12.1 Å². The van der Waals surface area contributed by atoms with Gasteiger partial charge in [0.15, 0.2) is 0 Å². The largest absolute Gasteiger partial charge is 0.495 e. The van der Waals surface area contributed by atoms with E-state index in [1.165, 1.54) is 0 Å². The van der Waals surface area contributed by atoms with Crippen LogP contribution in [0.1, 0.15) is 0 Å². The van der Waals surface area contributed by atoms with Crippen LogP contribution in [0.2, 0.25) is 0 Å². The lowest BCUT2D eigenvalue weighted by molar-refractivity contribution is 0.417. The number of benzene rings is 1. The first-order valence-corrected chi connectivity index (χ1v) is 4.36. The van der Waals surface area contributed by atoms with Crippen LogP contribution in [-0.2, 0) is 0 Å². The number of hydrogen-bond acceptors (Lipinski definition) is 4. The van der Waals surface area contributed by atoms with Crippen LogP contribution >= 0.6 is 11.3 Å². The summed E-state index contributed by atoms with van der Waals surface area (Å²) in [5.74, 6) is 0.715. The summed E-state index contributed by atoms with van der Waals surface area (Å²) in [7, 11) is 1.61. The van der Waals surface area contributed by atoms with E-state index >= 15 is 0 Å². The van der Waals surface area contributed by atoms with E-state index in [1.54, 1.807) is 24.0 Å². The molecule has 0 saturated carbocycles. The van der Waals surface area contributed by atoms with Crippen molar-refractivity contribution in [1.82, 2.24) is 4.98 Å². The summed E-state index contributed by atoms with van der Waals surface area (Å²) in [6.45, 7) is 0. The number of rotatable bonds is 1. The molecule has 0 aliphatic carbocycles. The van der Waals surface area contributed by atoms with Gasteiger partial charge in [-0.05, 0) is 6.07 Å². The summed E-state index contributed by atoms with van der Waals surface area (Å²) in [4.78, 5) is 4.14. The molecular weight excluding hydrogens is 172 g/mol. The molecule has 0 aliphatic rings. The lowest BCUT2D eigenvalue weighted by atomic mass is 10.3. The number of aromatic nitrogens is 1. The summed E-state index contributed by atoms with van der Waals surface area (Å²) in [6, 6.07) is 3.73. The van der Waals surface area contributed by atoms with Crippen molar-refractivity contribution in [3.05, 3.63) is 17.6 Å². The molecule has 62 valence electrons. The van der Waals surface area contributed by atoms with Gasteiger partial charge in [-0.15, -0.1) is 11.3 Å². The maximum Gasteiger partial charge on any atom is 0.143 e. The lowest BCUT2D eigenvalue weighted by Crippen LogP contribution is -1.91. The third-order valence-electron chi connectivity index (χ3n) is 1.68. The van der Waals surface area contributed by atoms with E-state index in [0.29, 0.717) is 11.4 Å². The maximum absolute atomic E-state index is 5.70. The van der Waals surface area contributed by atoms with E-state index in [2.05, 4.69) is 4.98 Å². The second-order valence-corrected chi connectivity index (χ2v) is 3.30. The molecule has 4 heteroatoms. The van der Waals surface area contributed by atoms with Crippen LogP contribution in [0.15, 0.2) is 17.6 Å². The second kappa shape index (κ2) is 2.64. The highest BCUT2D eigenvalue weighted by Crippen LogP contribution is 2.29. The van der Waals surface area contributed by atoms with E-state index in [-0.39, 0.29) is 0 Å². The van der Waals surface area contributed by atoms with Crippen molar-refractivity contribution in [3.8, 4) is 5.75 Å². The number of methoxy groups -OCH3 is 1. The Kier molecular flexibility index (Phi) is 1.62. The van der Waals surface area contributed by atoms with Crippen LogP contribution in [0.3, 0.4) is 0 Å². The van der Waals surface area contributed by atoms with Gasteiger partial charge in [-0.2, -0.15) is 0 Å². The molecule has 2 aromatic rings. The van der Waals surface area contributed by atoms with Crippen LogP contribution in [0.4, 0.5) is 5.69 Å². The third-order valence-corrected chi connectivity index (χ3v) is 2.47. The van der Waals surface area contributed by atoms with E-state index in [9.17, 15) is 0 Å². The molecule has 0 atom stereocenters. The highest BCUT2D eigenvalue weighted by Gasteiger charge is 2.03. The van der Waals surface area contributed by atoms with Gasteiger partial charge in [0, 0.05) is 6.07 Å². The Labute approximate surface area is 73.8 Å². The van der Waals surface area contributed by atoms with Crippen molar-refractivity contribution in [1.29, 1.82) is 0 Å². The number of hydrogen-bond donors (Lipinski definition) is 1. The first kappa shape index (κ1) is 7.36. The number of nitrogens with zero attached hydrogens (tertiary/aromatic N) is 1. The molecule has 0 spiro atoms. The van der Waals surface area contributed by atoms with Gasteiger partial charge in [-0.25, -0.2) is 4.98 Å². The third kappa shape index (κ3) is 1.00. The molecular formula is C8H8N2OS. The Morgan fingerprint density at radius 1 is 1.50 bits per heavy atom. The van der Waals surface area contributed by atoms with Gasteiger partial charge < -0.3 is 10.5 Å². The predicted octanol–water partition coefficient (Wildman–Crippen LogP) is 1.89. The fraction of sp³-hybridized carbons (Fsp3) is 0.125. The van der Waals surface area contributed by atoms with Crippen molar-refractivity contribution in [2.75, 3.05) is 12.8 Å². The summed E-state index contributed by atoms with van der Waals surface area (Å²) in [5, 5.41) is 0. The summed E-state index contributed by atoms with van der Waals surface area (Å²) in [6.07, 6.45) is 0. The van der Waals surface area contributed by atoms with E-state index in [0.717, 1.165) is 10.2 Å². The molecule has 0 bridgehead atoms.